The van der Waals surface area contributed by atoms with Crippen molar-refractivity contribution in [3.05, 3.63) is 0 Å². The Morgan fingerprint density at radius 1 is 1.25 bits per heavy atom. The van der Waals surface area contributed by atoms with Crippen LogP contribution in [0, 0.1) is 5.92 Å². The van der Waals surface area contributed by atoms with Gasteiger partial charge in [-0.1, -0.05) is 27.7 Å². The molecule has 0 aliphatic heterocycles. The fourth-order valence-corrected chi connectivity index (χ4v) is 1.55. The lowest BCUT2D eigenvalue weighted by Crippen LogP contribution is -2.54. The maximum Gasteiger partial charge on any atom is 0.256 e. The average Bonchev–Trinajstić information content (AvgIpc) is 1.98. The molecule has 0 aromatic heterocycles. The number of nitrogens with one attached hydrogen (secondary N) is 1. The van der Waals surface area contributed by atoms with Gasteiger partial charge in [0.25, 0.3) is 6.43 Å². The lowest BCUT2D eigenvalue weighted by molar-refractivity contribution is -0.000349. The first-order chi connectivity index (χ1) is 5.51. The highest BCUT2D eigenvalue weighted by atomic mass is 19.3. The van der Waals surface area contributed by atoms with Crippen LogP contribution in [0.1, 0.15) is 34.1 Å². The average molecular weight is 179 g/mol. The second-order valence-corrected chi connectivity index (χ2v) is 3.38. The maximum atomic E-state index is 12.7. The molecule has 1 atom stereocenters. The molecule has 74 valence electrons. The molecule has 0 saturated heterocycles. The van der Waals surface area contributed by atoms with E-state index < -0.39 is 12.0 Å². The van der Waals surface area contributed by atoms with Gasteiger partial charge in [-0.25, -0.2) is 8.78 Å². The SMILES string of the molecule is CCNC(CC)(C(C)C)C(F)F. The summed E-state index contributed by atoms with van der Waals surface area (Å²) >= 11 is 0. The Morgan fingerprint density at radius 3 is 1.83 bits per heavy atom. The van der Waals surface area contributed by atoms with Crippen molar-refractivity contribution in [2.45, 2.75) is 46.1 Å². The molecule has 0 heterocycles. The summed E-state index contributed by atoms with van der Waals surface area (Å²) in [6, 6.07) is 0. The van der Waals surface area contributed by atoms with Crippen LogP contribution in [-0.2, 0) is 0 Å². The van der Waals surface area contributed by atoms with Crippen molar-refractivity contribution in [1.82, 2.24) is 5.32 Å². The number of hydrogen-bond acceptors (Lipinski definition) is 1. The Bertz CT molecular complexity index is 116. The number of alkyl halides is 2. The van der Waals surface area contributed by atoms with Gasteiger partial charge in [0.1, 0.15) is 0 Å². The van der Waals surface area contributed by atoms with Crippen LogP contribution in [0.3, 0.4) is 0 Å². The fourth-order valence-electron chi connectivity index (χ4n) is 1.55. The van der Waals surface area contributed by atoms with Gasteiger partial charge in [-0.2, -0.15) is 0 Å². The normalized spacial score (nSPS) is 17.0. The highest BCUT2D eigenvalue weighted by Gasteiger charge is 2.40. The Hall–Kier alpha value is -0.180. The van der Waals surface area contributed by atoms with E-state index in [4.69, 9.17) is 0 Å². The van der Waals surface area contributed by atoms with E-state index in [0.717, 1.165) is 0 Å². The van der Waals surface area contributed by atoms with E-state index in [1.807, 2.05) is 20.8 Å². The van der Waals surface area contributed by atoms with Gasteiger partial charge in [0.2, 0.25) is 0 Å². The zero-order valence-corrected chi connectivity index (χ0v) is 8.32. The van der Waals surface area contributed by atoms with Crippen molar-refractivity contribution in [3.63, 3.8) is 0 Å². The van der Waals surface area contributed by atoms with Crippen molar-refractivity contribution >= 4 is 0 Å². The van der Waals surface area contributed by atoms with Crippen molar-refractivity contribution in [2.75, 3.05) is 6.54 Å². The first-order valence-electron chi connectivity index (χ1n) is 4.54. The summed E-state index contributed by atoms with van der Waals surface area (Å²) in [6.45, 7) is 7.91. The van der Waals surface area contributed by atoms with Crippen LogP contribution < -0.4 is 5.32 Å². The van der Waals surface area contributed by atoms with Gasteiger partial charge < -0.3 is 5.32 Å². The van der Waals surface area contributed by atoms with Crippen molar-refractivity contribution < 1.29 is 8.78 Å². The molecule has 3 heteroatoms. The Kier molecular flexibility index (Phi) is 4.68. The van der Waals surface area contributed by atoms with Gasteiger partial charge >= 0.3 is 0 Å². The highest BCUT2D eigenvalue weighted by Crippen LogP contribution is 2.28. The second-order valence-electron chi connectivity index (χ2n) is 3.38. The van der Waals surface area contributed by atoms with Crippen LogP contribution in [0.15, 0.2) is 0 Å². The van der Waals surface area contributed by atoms with Crippen molar-refractivity contribution in [2.24, 2.45) is 5.92 Å². The van der Waals surface area contributed by atoms with Crippen LogP contribution >= 0.6 is 0 Å². The molecule has 1 nitrogen and oxygen atoms in total. The summed E-state index contributed by atoms with van der Waals surface area (Å²) in [7, 11) is 0. The second kappa shape index (κ2) is 4.75. The van der Waals surface area contributed by atoms with Gasteiger partial charge in [0, 0.05) is 0 Å². The predicted octanol–water partition coefficient (Wildman–Crippen LogP) is 2.67. The van der Waals surface area contributed by atoms with Gasteiger partial charge in [0.05, 0.1) is 5.54 Å². The molecule has 0 fully saturated rings. The van der Waals surface area contributed by atoms with E-state index in [2.05, 4.69) is 5.32 Å². The van der Waals surface area contributed by atoms with Gasteiger partial charge in [-0.05, 0) is 18.9 Å². The third kappa shape index (κ3) is 2.16. The number of hydrogen-bond donors (Lipinski definition) is 1. The van der Waals surface area contributed by atoms with E-state index in [1.54, 1.807) is 6.92 Å². The van der Waals surface area contributed by atoms with E-state index in [1.165, 1.54) is 0 Å². The molecule has 0 aliphatic carbocycles. The van der Waals surface area contributed by atoms with Crippen LogP contribution in [0.5, 0.6) is 0 Å². The smallest absolute Gasteiger partial charge is 0.256 e. The molecule has 0 amide bonds. The summed E-state index contributed by atoms with van der Waals surface area (Å²) in [5.41, 5.74) is -0.991. The largest absolute Gasteiger partial charge is 0.306 e. The monoisotopic (exact) mass is 179 g/mol. The van der Waals surface area contributed by atoms with Crippen molar-refractivity contribution in [3.8, 4) is 0 Å². The van der Waals surface area contributed by atoms with Crippen LogP contribution in [0.25, 0.3) is 0 Å². The molecule has 12 heavy (non-hydrogen) atoms. The molecule has 0 saturated carbocycles. The summed E-state index contributed by atoms with van der Waals surface area (Å²) in [5, 5.41) is 2.89. The molecular weight excluding hydrogens is 160 g/mol. The molecule has 0 spiro atoms. The summed E-state index contributed by atoms with van der Waals surface area (Å²) < 4.78 is 25.5. The quantitative estimate of drug-likeness (QED) is 0.684. The lowest BCUT2D eigenvalue weighted by Gasteiger charge is -2.36. The molecule has 0 aromatic rings. The molecule has 0 aromatic carbocycles. The minimum atomic E-state index is -2.29. The molecule has 0 aliphatic rings. The van der Waals surface area contributed by atoms with Crippen LogP contribution in [0.4, 0.5) is 8.78 Å². The lowest BCUT2D eigenvalue weighted by atomic mass is 9.84. The van der Waals surface area contributed by atoms with E-state index >= 15 is 0 Å². The van der Waals surface area contributed by atoms with Crippen LogP contribution in [0.2, 0.25) is 0 Å². The summed E-state index contributed by atoms with van der Waals surface area (Å²) in [5.74, 6) is -0.0394. The first kappa shape index (κ1) is 11.8. The zero-order chi connectivity index (χ0) is 9.78. The standard InChI is InChI=1S/C9H19F2N/c1-5-9(7(3)4,8(10)11)12-6-2/h7-8,12H,5-6H2,1-4H3. The predicted molar refractivity (Wildman–Crippen MR) is 47.5 cm³/mol. The van der Waals surface area contributed by atoms with E-state index in [-0.39, 0.29) is 5.92 Å². The van der Waals surface area contributed by atoms with Gasteiger partial charge in [-0.3, -0.25) is 0 Å². The molecular formula is C9H19F2N. The molecule has 1 N–H and O–H groups in total. The van der Waals surface area contributed by atoms with Crippen LogP contribution in [-0.4, -0.2) is 18.5 Å². The maximum absolute atomic E-state index is 12.7. The summed E-state index contributed by atoms with van der Waals surface area (Å²) in [4.78, 5) is 0. The Morgan fingerprint density at radius 2 is 1.75 bits per heavy atom. The van der Waals surface area contributed by atoms with E-state index in [0.29, 0.717) is 13.0 Å². The highest BCUT2D eigenvalue weighted by molar-refractivity contribution is 4.91. The Balaban J connectivity index is 4.51. The first-order valence-corrected chi connectivity index (χ1v) is 4.54. The van der Waals surface area contributed by atoms with Gasteiger partial charge in [-0.15, -0.1) is 0 Å². The minimum Gasteiger partial charge on any atom is -0.306 e. The fraction of sp³-hybridized carbons (Fsp3) is 1.00. The third-order valence-corrected chi connectivity index (χ3v) is 2.51. The minimum absolute atomic E-state index is 0.0394. The molecule has 0 rings (SSSR count). The summed E-state index contributed by atoms with van der Waals surface area (Å²) in [6.07, 6.45) is -1.82. The Labute approximate surface area is 73.5 Å². The molecule has 0 radical (unpaired) electrons. The number of rotatable bonds is 5. The molecule has 1 unspecified atom stereocenters. The van der Waals surface area contributed by atoms with E-state index in [9.17, 15) is 8.78 Å². The topological polar surface area (TPSA) is 12.0 Å². The van der Waals surface area contributed by atoms with Crippen molar-refractivity contribution in [1.29, 1.82) is 0 Å². The molecule has 0 bridgehead atoms. The zero-order valence-electron chi connectivity index (χ0n) is 8.32. The number of halogens is 2. The van der Waals surface area contributed by atoms with Gasteiger partial charge in [0.15, 0.2) is 0 Å². The third-order valence-electron chi connectivity index (χ3n) is 2.51.